The Kier molecular flexibility index (Phi) is 6.04. The van der Waals surface area contributed by atoms with Crippen LogP contribution in [-0.2, 0) is 20.4 Å². The van der Waals surface area contributed by atoms with Gasteiger partial charge in [0, 0.05) is 30.2 Å². The molecule has 0 aliphatic carbocycles. The number of esters is 1. The van der Waals surface area contributed by atoms with Gasteiger partial charge in [0.1, 0.15) is 0 Å². The Labute approximate surface area is 181 Å². The molecule has 1 amide bonds. The van der Waals surface area contributed by atoms with Crippen LogP contribution in [0, 0.1) is 0 Å². The standard InChI is InChI=1S/C22H20F3N3O4/c23-22(24,25)14-5-6-19(28-7-9-31-10-8-28)18(11-14)27-20(29)13-32-21(30)16-12-26-17-4-2-1-3-15(16)17/h1-6,11-12,26H,7-10,13H2,(H,27,29). The number of morpholine rings is 1. The number of aromatic amines is 1. The van der Waals surface area contributed by atoms with Gasteiger partial charge in [-0.1, -0.05) is 18.2 Å². The quantitative estimate of drug-likeness (QED) is 0.581. The number of amides is 1. The Morgan fingerprint density at radius 1 is 1.12 bits per heavy atom. The largest absolute Gasteiger partial charge is 0.452 e. The fourth-order valence-electron chi connectivity index (χ4n) is 3.53. The number of carbonyl (C=O) groups is 2. The molecule has 2 heterocycles. The zero-order valence-electron chi connectivity index (χ0n) is 16.9. The first-order valence-corrected chi connectivity index (χ1v) is 9.90. The molecule has 2 aromatic carbocycles. The Bertz CT molecular complexity index is 1140. The molecule has 4 rings (SSSR count). The lowest BCUT2D eigenvalue weighted by molar-refractivity contribution is -0.137. The molecule has 0 radical (unpaired) electrons. The Morgan fingerprint density at radius 3 is 2.62 bits per heavy atom. The van der Waals surface area contributed by atoms with Crippen molar-refractivity contribution in [2.24, 2.45) is 0 Å². The number of benzene rings is 2. The second-order valence-electron chi connectivity index (χ2n) is 7.20. The number of rotatable bonds is 5. The van der Waals surface area contributed by atoms with Gasteiger partial charge in [0.15, 0.2) is 6.61 Å². The van der Waals surface area contributed by atoms with Gasteiger partial charge in [0.05, 0.1) is 35.7 Å². The molecule has 7 nitrogen and oxygen atoms in total. The number of halogens is 3. The van der Waals surface area contributed by atoms with Crippen molar-refractivity contribution in [3.63, 3.8) is 0 Å². The molecular formula is C22H20F3N3O4. The van der Waals surface area contributed by atoms with Crippen molar-refractivity contribution in [3.8, 4) is 0 Å². The summed E-state index contributed by atoms with van der Waals surface area (Å²) in [5.41, 5.74) is 0.553. The van der Waals surface area contributed by atoms with Crippen molar-refractivity contribution in [2.45, 2.75) is 6.18 Å². The summed E-state index contributed by atoms with van der Waals surface area (Å²) in [7, 11) is 0. The summed E-state index contributed by atoms with van der Waals surface area (Å²) < 4.78 is 50.0. The number of H-pyrrole nitrogens is 1. The van der Waals surface area contributed by atoms with Gasteiger partial charge < -0.3 is 24.7 Å². The Hall–Kier alpha value is -3.53. The highest BCUT2D eigenvalue weighted by Gasteiger charge is 2.32. The van der Waals surface area contributed by atoms with Crippen molar-refractivity contribution < 1.29 is 32.2 Å². The molecule has 0 unspecified atom stereocenters. The molecule has 1 aliphatic heterocycles. The fourth-order valence-corrected chi connectivity index (χ4v) is 3.53. The number of fused-ring (bicyclic) bond motifs is 1. The van der Waals surface area contributed by atoms with Crippen molar-refractivity contribution in [1.82, 2.24) is 4.98 Å². The van der Waals surface area contributed by atoms with Crippen LogP contribution >= 0.6 is 0 Å². The van der Waals surface area contributed by atoms with Gasteiger partial charge in [-0.25, -0.2) is 4.79 Å². The molecular weight excluding hydrogens is 427 g/mol. The SMILES string of the molecule is O=C(COC(=O)c1c[nH]c2ccccc12)Nc1cc(C(F)(F)F)ccc1N1CCOCC1. The summed E-state index contributed by atoms with van der Waals surface area (Å²) in [6.07, 6.45) is -3.08. The van der Waals surface area contributed by atoms with E-state index >= 15 is 0 Å². The van der Waals surface area contributed by atoms with Gasteiger partial charge >= 0.3 is 12.1 Å². The number of carbonyl (C=O) groups excluding carboxylic acids is 2. The number of alkyl halides is 3. The van der Waals surface area contributed by atoms with E-state index in [2.05, 4.69) is 10.3 Å². The summed E-state index contributed by atoms with van der Waals surface area (Å²) >= 11 is 0. The molecule has 1 saturated heterocycles. The highest BCUT2D eigenvalue weighted by atomic mass is 19.4. The molecule has 0 bridgehead atoms. The Balaban J connectivity index is 1.48. The molecule has 10 heteroatoms. The molecule has 168 valence electrons. The first-order valence-electron chi connectivity index (χ1n) is 9.90. The minimum Gasteiger partial charge on any atom is -0.452 e. The second kappa shape index (κ2) is 8.91. The molecule has 2 N–H and O–H groups in total. The first kappa shape index (κ1) is 21.7. The molecule has 32 heavy (non-hydrogen) atoms. The first-order chi connectivity index (χ1) is 15.3. The number of anilines is 2. The van der Waals surface area contributed by atoms with Crippen LogP contribution in [0.15, 0.2) is 48.7 Å². The number of para-hydroxylation sites is 1. The van der Waals surface area contributed by atoms with Crippen LogP contribution in [0.4, 0.5) is 24.5 Å². The monoisotopic (exact) mass is 447 g/mol. The molecule has 3 aromatic rings. The van der Waals surface area contributed by atoms with E-state index in [0.29, 0.717) is 37.4 Å². The predicted molar refractivity (Wildman–Crippen MR) is 112 cm³/mol. The zero-order valence-corrected chi connectivity index (χ0v) is 16.9. The van der Waals surface area contributed by atoms with E-state index < -0.39 is 30.2 Å². The molecule has 1 aromatic heterocycles. The van der Waals surface area contributed by atoms with Crippen LogP contribution in [0.25, 0.3) is 10.9 Å². The van der Waals surface area contributed by atoms with Crippen molar-refractivity contribution in [2.75, 3.05) is 43.1 Å². The third-order valence-electron chi connectivity index (χ3n) is 5.09. The number of nitrogens with one attached hydrogen (secondary N) is 2. The topological polar surface area (TPSA) is 83.7 Å². The van der Waals surface area contributed by atoms with Crippen LogP contribution in [0.2, 0.25) is 0 Å². The number of ether oxygens (including phenoxy) is 2. The third-order valence-corrected chi connectivity index (χ3v) is 5.09. The number of nitrogens with zero attached hydrogens (tertiary/aromatic N) is 1. The minimum absolute atomic E-state index is 0.00475. The normalized spacial score (nSPS) is 14.4. The van der Waals surface area contributed by atoms with Crippen LogP contribution < -0.4 is 10.2 Å². The van der Waals surface area contributed by atoms with Gasteiger partial charge in [-0.2, -0.15) is 13.2 Å². The summed E-state index contributed by atoms with van der Waals surface area (Å²) in [6.45, 7) is 1.16. The van der Waals surface area contributed by atoms with Gasteiger partial charge in [0.25, 0.3) is 5.91 Å². The second-order valence-corrected chi connectivity index (χ2v) is 7.20. The van der Waals surface area contributed by atoms with Crippen molar-refractivity contribution in [1.29, 1.82) is 0 Å². The van der Waals surface area contributed by atoms with E-state index in [-0.39, 0.29) is 11.3 Å². The van der Waals surface area contributed by atoms with E-state index in [1.807, 2.05) is 11.0 Å². The maximum Gasteiger partial charge on any atom is 0.416 e. The van der Waals surface area contributed by atoms with Crippen LogP contribution in [0.3, 0.4) is 0 Å². The van der Waals surface area contributed by atoms with E-state index in [1.165, 1.54) is 12.3 Å². The van der Waals surface area contributed by atoms with Gasteiger partial charge in [-0.05, 0) is 24.3 Å². The number of hydrogen-bond donors (Lipinski definition) is 2. The fraction of sp³-hybridized carbons (Fsp3) is 0.273. The highest BCUT2D eigenvalue weighted by molar-refractivity contribution is 6.05. The van der Waals surface area contributed by atoms with Crippen molar-refractivity contribution in [3.05, 3.63) is 59.8 Å². The molecule has 0 saturated carbocycles. The van der Waals surface area contributed by atoms with Crippen molar-refractivity contribution >= 4 is 34.2 Å². The van der Waals surface area contributed by atoms with Gasteiger partial charge in [-0.15, -0.1) is 0 Å². The molecule has 0 spiro atoms. The lowest BCUT2D eigenvalue weighted by Gasteiger charge is -2.31. The summed E-state index contributed by atoms with van der Waals surface area (Å²) in [5, 5.41) is 3.10. The molecule has 1 fully saturated rings. The minimum atomic E-state index is -4.56. The van der Waals surface area contributed by atoms with E-state index in [4.69, 9.17) is 9.47 Å². The lowest BCUT2D eigenvalue weighted by Crippen LogP contribution is -2.37. The van der Waals surface area contributed by atoms with E-state index in [1.54, 1.807) is 18.2 Å². The average Bonchev–Trinajstić information content (AvgIpc) is 3.22. The van der Waals surface area contributed by atoms with Gasteiger partial charge in [0.2, 0.25) is 0 Å². The Morgan fingerprint density at radius 2 is 1.88 bits per heavy atom. The summed E-state index contributed by atoms with van der Waals surface area (Å²) in [6, 6.07) is 10.3. The smallest absolute Gasteiger partial charge is 0.416 e. The summed E-state index contributed by atoms with van der Waals surface area (Å²) in [5.74, 6) is -1.46. The predicted octanol–water partition coefficient (Wildman–Crippen LogP) is 3.82. The van der Waals surface area contributed by atoms with Gasteiger partial charge in [-0.3, -0.25) is 4.79 Å². The zero-order chi connectivity index (χ0) is 22.7. The van der Waals surface area contributed by atoms with Crippen LogP contribution in [0.1, 0.15) is 15.9 Å². The maximum absolute atomic E-state index is 13.2. The van der Waals surface area contributed by atoms with E-state index in [0.717, 1.165) is 17.6 Å². The molecule has 0 atom stereocenters. The van der Waals surface area contributed by atoms with Crippen LogP contribution in [-0.4, -0.2) is 49.8 Å². The molecule has 1 aliphatic rings. The third kappa shape index (κ3) is 4.70. The lowest BCUT2D eigenvalue weighted by atomic mass is 10.1. The number of aromatic nitrogens is 1. The number of hydrogen-bond acceptors (Lipinski definition) is 5. The maximum atomic E-state index is 13.2. The average molecular weight is 447 g/mol. The highest BCUT2D eigenvalue weighted by Crippen LogP contribution is 2.35. The van der Waals surface area contributed by atoms with E-state index in [9.17, 15) is 22.8 Å². The summed E-state index contributed by atoms with van der Waals surface area (Å²) in [4.78, 5) is 29.6. The van der Waals surface area contributed by atoms with Crippen LogP contribution in [0.5, 0.6) is 0 Å².